The highest BCUT2D eigenvalue weighted by atomic mass is 79.9. The molecule has 0 aliphatic carbocycles. The van der Waals surface area contributed by atoms with Crippen LogP contribution in [0.25, 0.3) is 0 Å². The lowest BCUT2D eigenvalue weighted by Crippen LogP contribution is -2.37. The van der Waals surface area contributed by atoms with Crippen molar-refractivity contribution in [2.75, 3.05) is 31.6 Å². The van der Waals surface area contributed by atoms with Crippen molar-refractivity contribution in [3.8, 4) is 0 Å². The number of halogens is 1. The summed E-state index contributed by atoms with van der Waals surface area (Å²) in [4.78, 5) is 12.9. The summed E-state index contributed by atoms with van der Waals surface area (Å²) in [5.41, 5.74) is 0.914. The molecule has 0 aromatic heterocycles. The number of nitrogens with zero attached hydrogens (tertiary/aromatic N) is 2. The minimum Gasteiger partial charge on any atom is -0.366 e. The largest absolute Gasteiger partial charge is 0.366 e. The van der Waals surface area contributed by atoms with Gasteiger partial charge in [-0.2, -0.15) is 0 Å². The number of nitro groups is 1. The second-order valence-corrected chi connectivity index (χ2v) is 5.79. The summed E-state index contributed by atoms with van der Waals surface area (Å²) in [6.45, 7) is 2.79. The molecule has 19 heavy (non-hydrogen) atoms. The third-order valence-electron chi connectivity index (χ3n) is 3.58. The molecule has 1 heterocycles. The molecule has 1 aliphatic rings. The molecule has 0 radical (unpaired) electrons. The standard InChI is InChI=1S/C13H18BrN3O2/c1-15-9-10-4-6-16(7-5-10)12-3-2-11(14)8-13(12)17(18)19/h2-3,8,10,15H,4-7,9H2,1H3. The van der Waals surface area contributed by atoms with Crippen LogP contribution < -0.4 is 10.2 Å². The zero-order chi connectivity index (χ0) is 13.8. The van der Waals surface area contributed by atoms with Crippen molar-refractivity contribution in [1.82, 2.24) is 5.32 Å². The zero-order valence-corrected chi connectivity index (χ0v) is 12.5. The molecule has 1 saturated heterocycles. The van der Waals surface area contributed by atoms with Gasteiger partial charge in [0, 0.05) is 23.6 Å². The van der Waals surface area contributed by atoms with Crippen LogP contribution in [0.1, 0.15) is 12.8 Å². The Labute approximate surface area is 121 Å². The van der Waals surface area contributed by atoms with E-state index in [0.29, 0.717) is 5.92 Å². The van der Waals surface area contributed by atoms with E-state index in [2.05, 4.69) is 26.1 Å². The fourth-order valence-corrected chi connectivity index (χ4v) is 2.93. The highest BCUT2D eigenvalue weighted by molar-refractivity contribution is 9.10. The van der Waals surface area contributed by atoms with E-state index in [4.69, 9.17) is 0 Å². The Morgan fingerprint density at radius 1 is 1.47 bits per heavy atom. The van der Waals surface area contributed by atoms with Crippen LogP contribution in [0.2, 0.25) is 0 Å². The first-order valence-electron chi connectivity index (χ1n) is 6.45. The normalized spacial score (nSPS) is 16.6. The number of hydrogen-bond acceptors (Lipinski definition) is 4. The van der Waals surface area contributed by atoms with E-state index >= 15 is 0 Å². The van der Waals surface area contributed by atoms with E-state index in [1.807, 2.05) is 19.2 Å². The first-order chi connectivity index (χ1) is 9.11. The van der Waals surface area contributed by atoms with E-state index in [1.165, 1.54) is 0 Å². The Balaban J connectivity index is 2.13. The number of hydrogen-bond donors (Lipinski definition) is 1. The van der Waals surface area contributed by atoms with Crippen LogP contribution in [0.3, 0.4) is 0 Å². The SMILES string of the molecule is CNCC1CCN(c2ccc(Br)cc2[N+](=O)[O-])CC1. The highest BCUT2D eigenvalue weighted by Gasteiger charge is 2.24. The molecule has 2 rings (SSSR count). The molecule has 0 amide bonds. The Morgan fingerprint density at radius 3 is 2.74 bits per heavy atom. The Hall–Kier alpha value is -1.14. The monoisotopic (exact) mass is 327 g/mol. The number of nitrogens with one attached hydrogen (secondary N) is 1. The van der Waals surface area contributed by atoms with Gasteiger partial charge in [0.1, 0.15) is 5.69 Å². The van der Waals surface area contributed by atoms with Crippen molar-refractivity contribution in [1.29, 1.82) is 0 Å². The van der Waals surface area contributed by atoms with Gasteiger partial charge in [0.15, 0.2) is 0 Å². The van der Waals surface area contributed by atoms with Crippen molar-refractivity contribution in [3.63, 3.8) is 0 Å². The summed E-state index contributed by atoms with van der Waals surface area (Å²) in [5, 5.41) is 14.3. The molecule has 0 spiro atoms. The van der Waals surface area contributed by atoms with Crippen molar-refractivity contribution in [3.05, 3.63) is 32.8 Å². The summed E-state index contributed by atoms with van der Waals surface area (Å²) in [7, 11) is 1.96. The van der Waals surface area contributed by atoms with E-state index < -0.39 is 0 Å². The van der Waals surface area contributed by atoms with Crippen molar-refractivity contribution in [2.24, 2.45) is 5.92 Å². The minimum atomic E-state index is -0.306. The predicted molar refractivity (Wildman–Crippen MR) is 79.7 cm³/mol. The fourth-order valence-electron chi connectivity index (χ4n) is 2.58. The molecule has 6 heteroatoms. The van der Waals surface area contributed by atoms with Crippen LogP contribution >= 0.6 is 15.9 Å². The second-order valence-electron chi connectivity index (χ2n) is 4.88. The van der Waals surface area contributed by atoms with Gasteiger partial charge < -0.3 is 10.2 Å². The zero-order valence-electron chi connectivity index (χ0n) is 10.9. The van der Waals surface area contributed by atoms with Crippen molar-refractivity contribution in [2.45, 2.75) is 12.8 Å². The van der Waals surface area contributed by atoms with Crippen LogP contribution in [0.4, 0.5) is 11.4 Å². The van der Waals surface area contributed by atoms with Gasteiger partial charge in [-0.3, -0.25) is 10.1 Å². The molecule has 1 aromatic rings. The van der Waals surface area contributed by atoms with Gasteiger partial charge in [0.2, 0.25) is 0 Å². The Bertz CT molecular complexity index is 459. The Kier molecular flexibility index (Phi) is 4.76. The first kappa shape index (κ1) is 14.3. The van der Waals surface area contributed by atoms with Crippen molar-refractivity contribution < 1.29 is 4.92 Å². The second kappa shape index (κ2) is 6.34. The molecular formula is C13H18BrN3O2. The molecule has 1 N–H and O–H groups in total. The number of nitro benzene ring substituents is 1. The molecule has 0 bridgehead atoms. The summed E-state index contributed by atoms with van der Waals surface area (Å²) >= 11 is 3.29. The minimum absolute atomic E-state index is 0.182. The summed E-state index contributed by atoms with van der Waals surface area (Å²) < 4.78 is 0.744. The predicted octanol–water partition coefficient (Wildman–Crippen LogP) is 2.79. The van der Waals surface area contributed by atoms with E-state index in [0.717, 1.165) is 42.6 Å². The molecular weight excluding hydrogens is 310 g/mol. The Morgan fingerprint density at radius 2 is 2.16 bits per heavy atom. The van der Waals surface area contributed by atoms with E-state index in [9.17, 15) is 10.1 Å². The van der Waals surface area contributed by atoms with Gasteiger partial charge in [-0.1, -0.05) is 15.9 Å². The van der Waals surface area contributed by atoms with Gasteiger partial charge in [0.05, 0.1) is 4.92 Å². The lowest BCUT2D eigenvalue weighted by atomic mass is 9.96. The van der Waals surface area contributed by atoms with E-state index in [1.54, 1.807) is 6.07 Å². The third kappa shape index (κ3) is 3.45. The van der Waals surface area contributed by atoms with Gasteiger partial charge in [-0.25, -0.2) is 0 Å². The van der Waals surface area contributed by atoms with Crippen LogP contribution in [-0.2, 0) is 0 Å². The molecule has 0 saturated carbocycles. The van der Waals surface area contributed by atoms with Crippen LogP contribution in [0.15, 0.2) is 22.7 Å². The lowest BCUT2D eigenvalue weighted by molar-refractivity contribution is -0.384. The summed E-state index contributed by atoms with van der Waals surface area (Å²) in [6, 6.07) is 5.28. The third-order valence-corrected chi connectivity index (χ3v) is 4.08. The number of piperidine rings is 1. The molecule has 1 aromatic carbocycles. The lowest BCUT2D eigenvalue weighted by Gasteiger charge is -2.33. The van der Waals surface area contributed by atoms with Gasteiger partial charge in [-0.05, 0) is 44.5 Å². The number of anilines is 1. The maximum absolute atomic E-state index is 11.1. The maximum atomic E-state index is 11.1. The molecule has 1 fully saturated rings. The first-order valence-corrected chi connectivity index (χ1v) is 7.24. The fraction of sp³-hybridized carbons (Fsp3) is 0.538. The van der Waals surface area contributed by atoms with Crippen LogP contribution in [0.5, 0.6) is 0 Å². The van der Waals surface area contributed by atoms with Crippen LogP contribution in [-0.4, -0.2) is 31.6 Å². The van der Waals surface area contributed by atoms with Crippen molar-refractivity contribution >= 4 is 27.3 Å². The highest BCUT2D eigenvalue weighted by Crippen LogP contribution is 2.33. The summed E-state index contributed by atoms with van der Waals surface area (Å²) in [6.07, 6.45) is 2.15. The quantitative estimate of drug-likeness (QED) is 0.682. The van der Waals surface area contributed by atoms with Gasteiger partial charge >= 0.3 is 0 Å². The average molecular weight is 328 g/mol. The molecule has 5 nitrogen and oxygen atoms in total. The maximum Gasteiger partial charge on any atom is 0.293 e. The smallest absolute Gasteiger partial charge is 0.293 e. The molecule has 104 valence electrons. The molecule has 0 atom stereocenters. The average Bonchev–Trinajstić information content (AvgIpc) is 2.40. The summed E-state index contributed by atoms with van der Waals surface area (Å²) in [5.74, 6) is 0.677. The molecule has 0 unspecified atom stereocenters. The van der Waals surface area contributed by atoms with E-state index in [-0.39, 0.29) is 10.6 Å². The van der Waals surface area contributed by atoms with Gasteiger partial charge in [0.25, 0.3) is 5.69 Å². The number of rotatable bonds is 4. The number of benzene rings is 1. The topological polar surface area (TPSA) is 58.4 Å². The molecule has 1 aliphatic heterocycles. The van der Waals surface area contributed by atoms with Gasteiger partial charge in [-0.15, -0.1) is 0 Å². The van der Waals surface area contributed by atoms with Crippen LogP contribution in [0, 0.1) is 16.0 Å².